The maximum absolute atomic E-state index is 14.0. The lowest BCUT2D eigenvalue weighted by Gasteiger charge is -2.23. The molecule has 0 unspecified atom stereocenters. The first kappa shape index (κ1) is 13.7. The third kappa shape index (κ3) is 2.01. The Morgan fingerprint density at radius 3 is 2.95 bits per heavy atom. The molecule has 0 spiro atoms. The van der Waals surface area contributed by atoms with Gasteiger partial charge in [0, 0.05) is 13.1 Å². The lowest BCUT2D eigenvalue weighted by molar-refractivity contribution is -0.385. The number of hydrogen-bond acceptors (Lipinski definition) is 5. The Morgan fingerprint density at radius 1 is 1.62 bits per heavy atom. The highest BCUT2D eigenvalue weighted by Gasteiger charge is 2.55. The van der Waals surface area contributed by atoms with E-state index in [1.54, 1.807) is 4.90 Å². The summed E-state index contributed by atoms with van der Waals surface area (Å²) in [5.74, 6) is -1.67. The highest BCUT2D eigenvalue weighted by atomic mass is 19.1. The number of aromatic nitrogens is 1. The molecule has 0 aromatic carbocycles. The molecule has 0 bridgehead atoms. The van der Waals surface area contributed by atoms with Crippen molar-refractivity contribution in [2.45, 2.75) is 19.3 Å². The van der Waals surface area contributed by atoms with E-state index in [9.17, 15) is 24.4 Å². The number of nitro groups is 1. The molecule has 1 aliphatic heterocycles. The highest BCUT2D eigenvalue weighted by molar-refractivity contribution is 5.77. The van der Waals surface area contributed by atoms with Crippen LogP contribution in [0, 0.1) is 27.3 Å². The second-order valence-corrected chi connectivity index (χ2v) is 5.69. The van der Waals surface area contributed by atoms with E-state index in [-0.39, 0.29) is 18.3 Å². The van der Waals surface area contributed by atoms with Crippen LogP contribution in [0.3, 0.4) is 0 Å². The van der Waals surface area contributed by atoms with Gasteiger partial charge in [-0.3, -0.25) is 14.9 Å². The number of pyridine rings is 1. The van der Waals surface area contributed by atoms with Crippen LogP contribution in [0.25, 0.3) is 0 Å². The van der Waals surface area contributed by atoms with Gasteiger partial charge in [0.05, 0.1) is 16.4 Å². The summed E-state index contributed by atoms with van der Waals surface area (Å²) in [6.45, 7) is 0.628. The zero-order valence-corrected chi connectivity index (χ0v) is 11.2. The predicted octanol–water partition coefficient (Wildman–Crippen LogP) is 1.82. The molecule has 1 saturated carbocycles. The van der Waals surface area contributed by atoms with Gasteiger partial charge in [-0.2, -0.15) is 0 Å². The van der Waals surface area contributed by atoms with Gasteiger partial charge in [0.25, 0.3) is 5.69 Å². The second kappa shape index (κ2) is 4.64. The first-order valence-electron chi connectivity index (χ1n) is 6.72. The fraction of sp³-hybridized carbons (Fsp3) is 0.538. The van der Waals surface area contributed by atoms with Crippen LogP contribution in [-0.2, 0) is 4.79 Å². The summed E-state index contributed by atoms with van der Waals surface area (Å²) in [6.07, 6.45) is 3.25. The largest absolute Gasteiger partial charge is 0.481 e. The van der Waals surface area contributed by atoms with Crippen molar-refractivity contribution >= 4 is 17.5 Å². The molecule has 1 aromatic rings. The number of halogens is 1. The van der Waals surface area contributed by atoms with Crippen LogP contribution in [0.1, 0.15) is 19.3 Å². The zero-order valence-electron chi connectivity index (χ0n) is 11.2. The molecule has 21 heavy (non-hydrogen) atoms. The zero-order chi connectivity index (χ0) is 15.2. The van der Waals surface area contributed by atoms with Gasteiger partial charge in [-0.1, -0.05) is 6.42 Å². The number of fused-ring (bicyclic) bond motifs is 1. The predicted molar refractivity (Wildman–Crippen MR) is 70.5 cm³/mol. The number of aliphatic carboxylic acids is 1. The molecule has 2 heterocycles. The minimum atomic E-state index is -0.852. The van der Waals surface area contributed by atoms with Crippen LogP contribution in [0.15, 0.2) is 12.3 Å². The molecule has 0 amide bonds. The average Bonchev–Trinajstić information content (AvgIpc) is 2.95. The first-order valence-corrected chi connectivity index (χ1v) is 6.72. The van der Waals surface area contributed by atoms with Crippen LogP contribution in [-0.4, -0.2) is 34.1 Å². The first-order chi connectivity index (χ1) is 9.94. The maximum Gasteiger partial charge on any atom is 0.311 e. The van der Waals surface area contributed by atoms with Crippen molar-refractivity contribution in [3.8, 4) is 0 Å². The number of nitrogens with zero attached hydrogens (tertiary/aromatic N) is 3. The number of carboxylic acid groups (broad SMARTS) is 1. The number of carbonyl (C=O) groups is 1. The molecular weight excluding hydrogens is 281 g/mol. The Bertz CT molecular complexity index is 623. The smallest absolute Gasteiger partial charge is 0.311 e. The molecule has 2 atom stereocenters. The Hall–Kier alpha value is -2.25. The van der Waals surface area contributed by atoms with Gasteiger partial charge in [0.1, 0.15) is 6.20 Å². The van der Waals surface area contributed by atoms with Gasteiger partial charge >= 0.3 is 5.97 Å². The van der Waals surface area contributed by atoms with E-state index in [2.05, 4.69) is 4.98 Å². The normalized spacial score (nSPS) is 27.7. The summed E-state index contributed by atoms with van der Waals surface area (Å²) in [4.78, 5) is 26.9. The molecule has 1 N–H and O–H groups in total. The van der Waals surface area contributed by atoms with E-state index < -0.39 is 27.8 Å². The van der Waals surface area contributed by atoms with Crippen LogP contribution in [0.4, 0.5) is 15.9 Å². The van der Waals surface area contributed by atoms with Crippen molar-refractivity contribution in [1.29, 1.82) is 0 Å². The fourth-order valence-corrected chi connectivity index (χ4v) is 3.55. The van der Waals surface area contributed by atoms with E-state index in [0.29, 0.717) is 13.0 Å². The average molecular weight is 295 g/mol. The third-order valence-electron chi connectivity index (χ3n) is 4.61. The molecule has 8 heteroatoms. The van der Waals surface area contributed by atoms with E-state index in [1.807, 2.05) is 0 Å². The van der Waals surface area contributed by atoms with Crippen molar-refractivity contribution in [3.63, 3.8) is 0 Å². The summed E-state index contributed by atoms with van der Waals surface area (Å²) in [7, 11) is 0. The van der Waals surface area contributed by atoms with Crippen molar-refractivity contribution in [1.82, 2.24) is 4.98 Å². The molecule has 7 nitrogen and oxygen atoms in total. The second-order valence-electron chi connectivity index (χ2n) is 5.69. The summed E-state index contributed by atoms with van der Waals surface area (Å²) in [5.41, 5.74) is -1.25. The standard InChI is InChI=1S/C13H14FN3O4/c14-10-4-9(17(20)21)5-15-11(10)16-6-8-2-1-3-13(8,7-16)12(18)19/h4-5,8H,1-3,6-7H2,(H,18,19)/t8-,13+/m0/s1. The molecular formula is C13H14FN3O4. The van der Waals surface area contributed by atoms with Gasteiger partial charge in [0.2, 0.25) is 0 Å². The minimum Gasteiger partial charge on any atom is -0.481 e. The van der Waals surface area contributed by atoms with E-state index in [0.717, 1.165) is 25.1 Å². The number of hydrogen-bond donors (Lipinski definition) is 1. The molecule has 3 rings (SSSR count). The summed E-state index contributed by atoms with van der Waals surface area (Å²) in [6, 6.07) is 0.823. The molecule has 1 aromatic heterocycles. The van der Waals surface area contributed by atoms with Crippen LogP contribution >= 0.6 is 0 Å². The Balaban J connectivity index is 1.90. The van der Waals surface area contributed by atoms with Crippen molar-refractivity contribution in [3.05, 3.63) is 28.2 Å². The number of carboxylic acids is 1. The van der Waals surface area contributed by atoms with Gasteiger partial charge in [0.15, 0.2) is 11.6 Å². The quantitative estimate of drug-likeness (QED) is 0.675. The van der Waals surface area contributed by atoms with Gasteiger partial charge in [-0.05, 0) is 18.8 Å². The SMILES string of the molecule is O=C(O)[C@@]12CCC[C@H]1CN(c1ncc([N+](=O)[O-])cc1F)C2. The molecule has 1 aliphatic carbocycles. The topological polar surface area (TPSA) is 96.6 Å². The third-order valence-corrected chi connectivity index (χ3v) is 4.61. The molecule has 2 aliphatic rings. The molecule has 112 valence electrons. The van der Waals surface area contributed by atoms with Crippen LogP contribution in [0.5, 0.6) is 0 Å². The van der Waals surface area contributed by atoms with Crippen molar-refractivity contribution in [2.24, 2.45) is 11.3 Å². The Morgan fingerprint density at radius 2 is 2.38 bits per heavy atom. The van der Waals surface area contributed by atoms with E-state index in [4.69, 9.17) is 0 Å². The van der Waals surface area contributed by atoms with Crippen molar-refractivity contribution in [2.75, 3.05) is 18.0 Å². The van der Waals surface area contributed by atoms with E-state index >= 15 is 0 Å². The lowest BCUT2D eigenvalue weighted by Crippen LogP contribution is -2.36. The Labute approximate surface area is 119 Å². The van der Waals surface area contributed by atoms with Gasteiger partial charge < -0.3 is 10.0 Å². The summed E-state index contributed by atoms with van der Waals surface area (Å²) >= 11 is 0. The molecule has 2 fully saturated rings. The number of anilines is 1. The Kier molecular flexibility index (Phi) is 3.03. The number of rotatable bonds is 3. The summed E-state index contributed by atoms with van der Waals surface area (Å²) in [5, 5.41) is 20.1. The minimum absolute atomic E-state index is 0.00405. The molecule has 1 saturated heterocycles. The monoisotopic (exact) mass is 295 g/mol. The molecule has 0 radical (unpaired) electrons. The van der Waals surface area contributed by atoms with Crippen LogP contribution < -0.4 is 4.90 Å². The van der Waals surface area contributed by atoms with Crippen LogP contribution in [0.2, 0.25) is 0 Å². The maximum atomic E-state index is 14.0. The lowest BCUT2D eigenvalue weighted by atomic mass is 9.81. The summed E-state index contributed by atoms with van der Waals surface area (Å²) < 4.78 is 14.0. The van der Waals surface area contributed by atoms with Crippen molar-refractivity contribution < 1.29 is 19.2 Å². The van der Waals surface area contributed by atoms with Gasteiger partial charge in [-0.25, -0.2) is 9.37 Å². The highest BCUT2D eigenvalue weighted by Crippen LogP contribution is 2.49. The fourth-order valence-electron chi connectivity index (χ4n) is 3.55. The van der Waals surface area contributed by atoms with Gasteiger partial charge in [-0.15, -0.1) is 0 Å². The van der Waals surface area contributed by atoms with E-state index in [1.165, 1.54) is 0 Å².